The standard InChI is InChI=1S/C29H35N5O3.C28H33N5O3/c1-4-21-8-10-34(19-21)29(35)31-24-6-5-20(2)25(18-24)23-15-26(22-7-9-30-28(17-22)36-3)32-27(16-23)33-11-13-37-14-12-33;1-3-20-7-9-33(18-20)28(35)30-23-5-4-19(2)24(17-23)22-14-25(21-6-8-29-27(34)16-21)31-26(15-22)32-10-12-36-13-11-32/h5-7,9,15-18,21H,4,8,10-14,19H2,1-3H3,(H,31,35);4-6,8,14-17,20H,3,7,9-13,18H2,1-2H3,(H,29,34)(H,30,35)/t21-;20-/m11/s1. The van der Waals surface area contributed by atoms with Crippen molar-refractivity contribution >= 4 is 35.1 Å². The highest BCUT2D eigenvalue weighted by Crippen LogP contribution is 2.36. The van der Waals surface area contributed by atoms with E-state index in [1.165, 1.54) is 0 Å². The lowest BCUT2D eigenvalue weighted by atomic mass is 9.98. The molecule has 4 aliphatic heterocycles. The molecule has 0 unspecified atom stereocenters. The third-order valence-electron chi connectivity index (χ3n) is 14.5. The van der Waals surface area contributed by atoms with Gasteiger partial charge < -0.3 is 49.4 Å². The Balaban J connectivity index is 0.000000180. The Morgan fingerprint density at radius 3 is 1.58 bits per heavy atom. The van der Waals surface area contributed by atoms with Gasteiger partial charge >= 0.3 is 12.1 Å². The molecule has 8 heterocycles. The first-order valence-electron chi connectivity index (χ1n) is 25.8. The summed E-state index contributed by atoms with van der Waals surface area (Å²) in [7, 11) is 1.61. The van der Waals surface area contributed by atoms with Crippen molar-refractivity contribution in [1.29, 1.82) is 0 Å². The van der Waals surface area contributed by atoms with E-state index in [1.807, 2.05) is 58.3 Å². The molecule has 0 radical (unpaired) electrons. The highest BCUT2D eigenvalue weighted by Gasteiger charge is 2.27. The Labute approximate surface area is 428 Å². The van der Waals surface area contributed by atoms with Crippen LogP contribution in [0, 0.1) is 25.7 Å². The third kappa shape index (κ3) is 12.5. The third-order valence-corrected chi connectivity index (χ3v) is 14.5. The lowest BCUT2D eigenvalue weighted by Crippen LogP contribution is -2.36. The smallest absolute Gasteiger partial charge is 0.321 e. The molecule has 73 heavy (non-hydrogen) atoms. The number of aromatic amines is 1. The highest BCUT2D eigenvalue weighted by molar-refractivity contribution is 5.92. The lowest BCUT2D eigenvalue weighted by Gasteiger charge is -2.28. The Morgan fingerprint density at radius 1 is 0.630 bits per heavy atom. The van der Waals surface area contributed by atoms with E-state index in [4.69, 9.17) is 24.2 Å². The first-order valence-corrected chi connectivity index (χ1v) is 25.8. The number of hydrogen-bond acceptors (Lipinski definition) is 11. The summed E-state index contributed by atoms with van der Waals surface area (Å²) < 4.78 is 16.5. The number of likely N-dealkylation sites (tertiary alicyclic amines) is 2. The van der Waals surface area contributed by atoms with E-state index in [2.05, 4.69) is 88.4 Å². The van der Waals surface area contributed by atoms with Crippen LogP contribution in [0.25, 0.3) is 44.8 Å². The normalized spacial score (nSPS) is 17.8. The maximum Gasteiger partial charge on any atom is 0.321 e. The SMILES string of the molecule is CC[C@@H]1CCN(C(=O)Nc2ccc(C)c(-c3cc(-c4cc[nH]c(=O)c4)nc(N4CCOCC4)c3)c2)C1.CC[C@@H]1CCN(C(=O)Nc2ccc(C)c(-c3cc(-c4ccnc(OC)c4)nc(N4CCOCC4)c3)c2)C1. The van der Waals surface area contributed by atoms with Gasteiger partial charge in [0.2, 0.25) is 11.4 Å². The van der Waals surface area contributed by atoms with Crippen LogP contribution < -0.4 is 30.7 Å². The number of carbonyl (C=O) groups is 2. The largest absolute Gasteiger partial charge is 0.481 e. The second kappa shape index (κ2) is 23.5. The fourth-order valence-corrected chi connectivity index (χ4v) is 9.96. The zero-order valence-electron chi connectivity index (χ0n) is 42.8. The zero-order chi connectivity index (χ0) is 50.8. The summed E-state index contributed by atoms with van der Waals surface area (Å²) in [5, 5.41) is 6.22. The number of aromatic nitrogens is 4. The number of carbonyl (C=O) groups excluding carboxylic acids is 2. The Bertz CT molecular complexity index is 2950. The summed E-state index contributed by atoms with van der Waals surface area (Å²) in [6.07, 6.45) is 7.73. The molecule has 4 fully saturated rings. The molecule has 16 heteroatoms. The first kappa shape index (κ1) is 50.6. The molecular formula is C57H68N10O6. The van der Waals surface area contributed by atoms with Crippen LogP contribution in [0.5, 0.6) is 5.88 Å². The van der Waals surface area contributed by atoms with E-state index in [0.717, 1.165) is 157 Å². The molecule has 10 rings (SSSR count). The number of pyridine rings is 4. The quantitative estimate of drug-likeness (QED) is 0.113. The summed E-state index contributed by atoms with van der Waals surface area (Å²) in [6, 6.07) is 27.6. The average molecular weight is 989 g/mol. The van der Waals surface area contributed by atoms with Crippen molar-refractivity contribution in [3.63, 3.8) is 0 Å². The minimum absolute atomic E-state index is 0.0287. The number of aryl methyl sites for hydroxylation is 2. The number of nitrogens with zero attached hydrogens (tertiary/aromatic N) is 7. The van der Waals surface area contributed by atoms with E-state index in [9.17, 15) is 14.4 Å². The van der Waals surface area contributed by atoms with E-state index >= 15 is 0 Å². The molecule has 382 valence electrons. The molecule has 2 aromatic carbocycles. The van der Waals surface area contributed by atoms with Crippen LogP contribution in [0.4, 0.5) is 32.6 Å². The Morgan fingerprint density at radius 2 is 1.12 bits per heavy atom. The van der Waals surface area contributed by atoms with Crippen LogP contribution in [0.3, 0.4) is 0 Å². The van der Waals surface area contributed by atoms with Gasteiger partial charge in [-0.15, -0.1) is 0 Å². The van der Waals surface area contributed by atoms with Crippen LogP contribution in [-0.2, 0) is 9.47 Å². The van der Waals surface area contributed by atoms with Gasteiger partial charge in [-0.25, -0.2) is 24.5 Å². The maximum atomic E-state index is 12.9. The average Bonchev–Trinajstić information content (AvgIpc) is 4.14. The van der Waals surface area contributed by atoms with E-state index < -0.39 is 0 Å². The van der Waals surface area contributed by atoms with Gasteiger partial charge in [0, 0.05) is 99.4 Å². The highest BCUT2D eigenvalue weighted by atomic mass is 16.5. The number of nitrogens with one attached hydrogen (secondary N) is 3. The van der Waals surface area contributed by atoms with Crippen molar-refractivity contribution in [2.75, 3.05) is 106 Å². The number of methoxy groups -OCH3 is 1. The van der Waals surface area contributed by atoms with Crippen LogP contribution in [0.1, 0.15) is 50.7 Å². The van der Waals surface area contributed by atoms with Gasteiger partial charge in [0.05, 0.1) is 44.9 Å². The number of anilines is 4. The topological polar surface area (TPSA) is 170 Å². The molecule has 0 aliphatic carbocycles. The Kier molecular flexibility index (Phi) is 16.3. The van der Waals surface area contributed by atoms with Crippen molar-refractivity contribution in [2.45, 2.75) is 53.4 Å². The zero-order valence-corrected chi connectivity index (χ0v) is 42.8. The second-order valence-electron chi connectivity index (χ2n) is 19.4. The number of morpholine rings is 2. The predicted octanol–water partition coefficient (Wildman–Crippen LogP) is 9.74. The number of ether oxygens (including phenoxy) is 3. The fraction of sp³-hybridized carbons (Fsp3) is 0.404. The maximum absolute atomic E-state index is 12.9. The molecule has 16 nitrogen and oxygen atoms in total. The molecule has 2 atom stereocenters. The number of rotatable bonds is 11. The van der Waals surface area contributed by atoms with Crippen molar-refractivity contribution in [3.8, 4) is 50.6 Å². The van der Waals surface area contributed by atoms with E-state index in [1.54, 1.807) is 25.6 Å². The van der Waals surface area contributed by atoms with Gasteiger partial charge in [-0.2, -0.15) is 0 Å². The molecule has 4 aromatic heterocycles. The fourth-order valence-electron chi connectivity index (χ4n) is 9.96. The van der Waals surface area contributed by atoms with Crippen LogP contribution in [0.15, 0.2) is 102 Å². The summed E-state index contributed by atoms with van der Waals surface area (Å²) in [5.74, 6) is 3.49. The number of benzene rings is 2. The monoisotopic (exact) mass is 989 g/mol. The van der Waals surface area contributed by atoms with E-state index in [0.29, 0.717) is 44.1 Å². The molecule has 0 saturated carbocycles. The minimum Gasteiger partial charge on any atom is -0.481 e. The van der Waals surface area contributed by atoms with Gasteiger partial charge in [0.25, 0.3) is 0 Å². The van der Waals surface area contributed by atoms with Gasteiger partial charge in [-0.1, -0.05) is 38.8 Å². The molecule has 4 saturated heterocycles. The number of H-pyrrole nitrogens is 1. The van der Waals surface area contributed by atoms with Crippen LogP contribution >= 0.6 is 0 Å². The minimum atomic E-state index is -0.166. The summed E-state index contributed by atoms with van der Waals surface area (Å²) in [6.45, 7) is 17.6. The number of urea groups is 2. The van der Waals surface area contributed by atoms with Crippen LogP contribution in [-0.4, -0.2) is 128 Å². The van der Waals surface area contributed by atoms with Crippen molar-refractivity contribution < 1.29 is 23.8 Å². The molecule has 0 spiro atoms. The molecular weight excluding hydrogens is 921 g/mol. The van der Waals surface area contributed by atoms with Gasteiger partial charge in [0.1, 0.15) is 11.6 Å². The Hall–Kier alpha value is -7.30. The van der Waals surface area contributed by atoms with Gasteiger partial charge in [-0.3, -0.25) is 4.79 Å². The molecule has 0 bridgehead atoms. The first-order chi connectivity index (χ1) is 35.5. The second-order valence-corrected chi connectivity index (χ2v) is 19.4. The van der Waals surface area contributed by atoms with E-state index in [-0.39, 0.29) is 17.6 Å². The van der Waals surface area contributed by atoms with Gasteiger partial charge in [-0.05, 0) is 133 Å². The molecule has 3 N–H and O–H groups in total. The molecule has 4 amide bonds. The van der Waals surface area contributed by atoms with Crippen molar-refractivity contribution in [1.82, 2.24) is 29.7 Å². The number of amides is 4. The summed E-state index contributed by atoms with van der Waals surface area (Å²) in [5.41, 5.74) is 11.0. The van der Waals surface area contributed by atoms with Crippen molar-refractivity contribution in [3.05, 3.63) is 119 Å². The molecule has 6 aromatic rings. The predicted molar refractivity (Wildman–Crippen MR) is 289 cm³/mol. The summed E-state index contributed by atoms with van der Waals surface area (Å²) >= 11 is 0. The number of hydrogen-bond donors (Lipinski definition) is 3. The molecule has 4 aliphatic rings. The lowest BCUT2D eigenvalue weighted by molar-refractivity contribution is 0.122. The van der Waals surface area contributed by atoms with Gasteiger partial charge in [0.15, 0.2) is 0 Å². The van der Waals surface area contributed by atoms with Crippen molar-refractivity contribution in [2.24, 2.45) is 11.8 Å². The summed E-state index contributed by atoms with van der Waals surface area (Å²) in [4.78, 5) is 63.0. The van der Waals surface area contributed by atoms with Crippen LogP contribution in [0.2, 0.25) is 0 Å².